The molecule has 0 aromatic heterocycles. The van der Waals surface area contributed by atoms with Crippen molar-refractivity contribution in [1.29, 1.82) is 0 Å². The molecule has 0 amide bonds. The fraction of sp³-hybridized carbons (Fsp3) is 0.909. The third kappa shape index (κ3) is 8.70. The summed E-state index contributed by atoms with van der Waals surface area (Å²) in [6.45, 7) is 2.23. The van der Waals surface area contributed by atoms with Crippen molar-refractivity contribution in [2.45, 2.75) is 125 Å². The molecule has 0 bridgehead atoms. The maximum absolute atomic E-state index is 13.1. The summed E-state index contributed by atoms with van der Waals surface area (Å²) in [5.74, 6) is -73.9. The molecule has 0 radical (unpaired) electrons. The lowest BCUT2D eigenvalue weighted by Gasteiger charge is -2.43. The van der Waals surface area contributed by atoms with E-state index in [2.05, 4.69) is 6.92 Å². The molecule has 0 aromatic rings. The molecule has 0 rings (SSSR count). The van der Waals surface area contributed by atoms with Crippen molar-refractivity contribution in [1.82, 2.24) is 0 Å². The minimum atomic E-state index is -9.06. The summed E-state index contributed by atoms with van der Waals surface area (Å²) < 4.78 is 242. The van der Waals surface area contributed by atoms with E-state index in [-0.39, 0.29) is 0 Å². The van der Waals surface area contributed by atoms with Crippen molar-refractivity contribution < 1.29 is 103 Å². The molecule has 0 aliphatic heterocycles. The van der Waals surface area contributed by atoms with Crippen LogP contribution in [0, 0.1) is 0 Å². The number of hydrogen-bond donors (Lipinski definition) is 2. The Balaban J connectivity index is 0. The van der Waals surface area contributed by atoms with Gasteiger partial charge in [-0.3, -0.25) is 4.79 Å². The Morgan fingerprint density at radius 3 is 0.956 bits per heavy atom. The van der Waals surface area contributed by atoms with Crippen molar-refractivity contribution in [2.75, 3.05) is 0 Å². The van der Waals surface area contributed by atoms with Gasteiger partial charge in [-0.05, 0) is 6.42 Å². The Kier molecular flexibility index (Phi) is 14.9. The van der Waals surface area contributed by atoms with Crippen molar-refractivity contribution in [2.24, 2.45) is 0 Å². The normalized spacial score (nSPS) is 14.6. The molecule has 4 nitrogen and oxygen atoms in total. The van der Waals surface area contributed by atoms with Gasteiger partial charge < -0.3 is 10.2 Å². The van der Waals surface area contributed by atoms with E-state index in [0.29, 0.717) is 6.42 Å². The van der Waals surface area contributed by atoms with Gasteiger partial charge in [0, 0.05) is 6.42 Å². The number of unbranched alkanes of at least 4 members (excludes halogenated alkanes) is 8. The molecule has 23 heteroatoms. The van der Waals surface area contributed by atoms with Gasteiger partial charge in [-0.15, -0.1) is 0 Å². The molecule has 0 spiro atoms. The van der Waals surface area contributed by atoms with Gasteiger partial charge in [0.2, 0.25) is 0 Å². The smallest absolute Gasteiger partial charge is 0.460 e. The Bertz CT molecular complexity index is 960. The van der Waals surface area contributed by atoms with Gasteiger partial charge in [0.15, 0.2) is 0 Å². The highest BCUT2D eigenvalue weighted by Crippen LogP contribution is 2.65. The SMILES string of the molecule is CCCCCCCCCCCC(=O)O.O=C(O)C(F)(F)C(F)(F)C(F)(F)C(F)(F)C(F)(F)C(F)(F)C(F)(F)C(F)(F)C(F)(F)F. The average Bonchev–Trinajstić information content (AvgIpc) is 2.86. The highest BCUT2D eigenvalue weighted by atomic mass is 19.4. The summed E-state index contributed by atoms with van der Waals surface area (Å²) in [5, 5.41) is 16.0. The van der Waals surface area contributed by atoms with E-state index in [1.54, 1.807) is 0 Å². The molecule has 0 unspecified atom stereocenters. The van der Waals surface area contributed by atoms with Crippen LogP contribution in [0.5, 0.6) is 0 Å². The zero-order valence-corrected chi connectivity index (χ0v) is 22.5. The van der Waals surface area contributed by atoms with Gasteiger partial charge in [0.1, 0.15) is 0 Å². The first-order chi connectivity index (χ1) is 19.7. The molecule has 0 saturated heterocycles. The molecule has 0 heterocycles. The molecular formula is C22H25F19O4. The van der Waals surface area contributed by atoms with Crippen LogP contribution in [0.15, 0.2) is 0 Å². The molecule has 0 aliphatic rings. The van der Waals surface area contributed by atoms with E-state index in [1.165, 1.54) is 44.9 Å². The average molecular weight is 714 g/mol. The molecule has 2 N–H and O–H groups in total. The molecule has 45 heavy (non-hydrogen) atoms. The van der Waals surface area contributed by atoms with Crippen LogP contribution < -0.4 is 0 Å². The van der Waals surface area contributed by atoms with Gasteiger partial charge in [-0.2, -0.15) is 83.4 Å². The number of carboxylic acids is 2. The number of hydrogen-bond acceptors (Lipinski definition) is 2. The molecule has 0 fully saturated rings. The maximum Gasteiger partial charge on any atom is 0.460 e. The summed E-state index contributed by atoms with van der Waals surface area (Å²) in [6, 6.07) is 0. The third-order valence-corrected chi connectivity index (χ3v) is 5.88. The molecule has 0 saturated carbocycles. The predicted molar refractivity (Wildman–Crippen MR) is 113 cm³/mol. The summed E-state index contributed by atoms with van der Waals surface area (Å²) in [6.07, 6.45) is 3.53. The maximum atomic E-state index is 13.1. The Hall–Kier alpha value is -2.39. The quantitative estimate of drug-likeness (QED) is 0.110. The zero-order valence-electron chi connectivity index (χ0n) is 22.5. The van der Waals surface area contributed by atoms with Gasteiger partial charge in [-0.1, -0.05) is 58.3 Å². The van der Waals surface area contributed by atoms with E-state index < -0.39 is 65.5 Å². The first-order valence-corrected chi connectivity index (χ1v) is 12.3. The second-order valence-electron chi connectivity index (χ2n) is 9.37. The first-order valence-electron chi connectivity index (χ1n) is 12.3. The van der Waals surface area contributed by atoms with Crippen LogP contribution in [0.1, 0.15) is 71.1 Å². The Labute approximate surface area is 240 Å². The largest absolute Gasteiger partial charge is 0.481 e. The van der Waals surface area contributed by atoms with Gasteiger partial charge in [0.25, 0.3) is 0 Å². The summed E-state index contributed by atoms with van der Waals surface area (Å²) >= 11 is 0. The minimum Gasteiger partial charge on any atom is -0.481 e. The summed E-state index contributed by atoms with van der Waals surface area (Å²) in [5.41, 5.74) is 0. The number of carboxylic acid groups (broad SMARTS) is 2. The van der Waals surface area contributed by atoms with Crippen molar-refractivity contribution in [3.63, 3.8) is 0 Å². The van der Waals surface area contributed by atoms with Crippen LogP contribution in [0.3, 0.4) is 0 Å². The van der Waals surface area contributed by atoms with Crippen molar-refractivity contribution in [3.8, 4) is 0 Å². The highest BCUT2D eigenvalue weighted by Gasteiger charge is 2.97. The predicted octanol–water partition coefficient (Wildman–Crippen LogP) is 9.71. The fourth-order valence-electron chi connectivity index (χ4n) is 3.08. The number of halogens is 19. The van der Waals surface area contributed by atoms with Crippen molar-refractivity contribution >= 4 is 11.9 Å². The van der Waals surface area contributed by atoms with Crippen LogP contribution in [0.4, 0.5) is 83.4 Å². The highest BCUT2D eigenvalue weighted by molar-refractivity contribution is 5.77. The van der Waals surface area contributed by atoms with Gasteiger partial charge in [-0.25, -0.2) is 4.79 Å². The second kappa shape index (κ2) is 15.0. The lowest BCUT2D eigenvalue weighted by Crippen LogP contribution is -2.76. The van der Waals surface area contributed by atoms with E-state index >= 15 is 0 Å². The second-order valence-corrected chi connectivity index (χ2v) is 9.37. The number of rotatable bonds is 18. The monoisotopic (exact) mass is 714 g/mol. The first kappa shape index (κ1) is 44.7. The van der Waals surface area contributed by atoms with Crippen LogP contribution in [-0.4, -0.2) is 75.7 Å². The third-order valence-electron chi connectivity index (χ3n) is 5.88. The molecular weight excluding hydrogens is 689 g/mol. The van der Waals surface area contributed by atoms with Crippen LogP contribution in [0.25, 0.3) is 0 Å². The molecule has 270 valence electrons. The zero-order chi connectivity index (χ0) is 36.7. The molecule has 0 aliphatic carbocycles. The van der Waals surface area contributed by atoms with Crippen LogP contribution in [0.2, 0.25) is 0 Å². The van der Waals surface area contributed by atoms with E-state index in [9.17, 15) is 93.0 Å². The Morgan fingerprint density at radius 1 is 0.422 bits per heavy atom. The number of aliphatic carboxylic acids is 2. The number of carbonyl (C=O) groups is 2. The van der Waals surface area contributed by atoms with E-state index in [0.717, 1.165) is 12.8 Å². The van der Waals surface area contributed by atoms with Crippen molar-refractivity contribution in [3.05, 3.63) is 0 Å². The summed E-state index contributed by atoms with van der Waals surface area (Å²) in [4.78, 5) is 20.0. The lowest BCUT2D eigenvalue weighted by atomic mass is 9.87. The Morgan fingerprint density at radius 2 is 0.689 bits per heavy atom. The van der Waals surface area contributed by atoms with Crippen LogP contribution in [-0.2, 0) is 9.59 Å². The minimum absolute atomic E-state index is 0.343. The van der Waals surface area contributed by atoms with E-state index in [4.69, 9.17) is 10.2 Å². The van der Waals surface area contributed by atoms with Gasteiger partial charge >= 0.3 is 65.5 Å². The lowest BCUT2D eigenvalue weighted by molar-refractivity contribution is -0.467. The number of alkyl halides is 19. The van der Waals surface area contributed by atoms with Crippen LogP contribution >= 0.6 is 0 Å². The standard InChI is InChI=1S/C12H24O2.C10HF19O2/c1-2-3-4-5-6-7-8-9-10-11-12(13)14;11-2(12,1(30)31)3(13,14)4(15,16)5(17,18)6(19,20)7(21,22)8(23,24)9(25,26)10(27,28)29/h2-11H2,1H3,(H,13,14);(H,30,31). The topological polar surface area (TPSA) is 74.6 Å². The van der Waals surface area contributed by atoms with E-state index in [1.807, 2.05) is 0 Å². The van der Waals surface area contributed by atoms with Gasteiger partial charge in [0.05, 0.1) is 0 Å². The summed E-state index contributed by atoms with van der Waals surface area (Å²) in [7, 11) is 0. The molecule has 0 atom stereocenters. The molecule has 0 aromatic carbocycles. The fourth-order valence-corrected chi connectivity index (χ4v) is 3.08.